The number of aliphatic hydroxyl groups excluding tert-OH is 1. The number of nitrogens with zero attached hydrogens (tertiary/aromatic N) is 2. The molecule has 2 N–H and O–H groups in total. The van der Waals surface area contributed by atoms with Crippen molar-refractivity contribution in [1.29, 1.82) is 0 Å². The highest BCUT2D eigenvalue weighted by atomic mass is 16.5. The predicted molar refractivity (Wildman–Crippen MR) is 72.8 cm³/mol. The monoisotopic (exact) mass is 281 g/mol. The first-order chi connectivity index (χ1) is 9.70. The van der Waals surface area contributed by atoms with Crippen LogP contribution in [0.15, 0.2) is 4.52 Å². The van der Waals surface area contributed by atoms with Gasteiger partial charge in [0.1, 0.15) is 6.10 Å². The average molecular weight is 281 g/mol. The lowest BCUT2D eigenvalue weighted by Crippen LogP contribution is -2.26. The molecule has 0 unspecified atom stereocenters. The minimum atomic E-state index is -0.693. The molecule has 1 aliphatic rings. The van der Waals surface area contributed by atoms with Crippen LogP contribution >= 0.6 is 0 Å². The summed E-state index contributed by atoms with van der Waals surface area (Å²) in [5, 5.41) is 16.7. The van der Waals surface area contributed by atoms with E-state index in [1.165, 1.54) is 0 Å². The topological polar surface area (TPSA) is 88.2 Å². The average Bonchev–Trinajstić information content (AvgIpc) is 3.09. The Balaban J connectivity index is 1.83. The maximum absolute atomic E-state index is 11.6. The summed E-state index contributed by atoms with van der Waals surface area (Å²) < 4.78 is 5.07. The number of nitrogens with one attached hydrogen (secondary N) is 1. The fraction of sp³-hybridized carbons (Fsp3) is 0.786. The Morgan fingerprint density at radius 2 is 2.25 bits per heavy atom. The number of carbonyl (C=O) groups is 1. The lowest BCUT2D eigenvalue weighted by molar-refractivity contribution is -0.120. The highest BCUT2D eigenvalue weighted by molar-refractivity contribution is 5.77. The summed E-state index contributed by atoms with van der Waals surface area (Å²) in [5.74, 6) is 0.683. The molecule has 1 heterocycles. The summed E-state index contributed by atoms with van der Waals surface area (Å²) in [6.07, 6.45) is 5.69. The molecule has 1 fully saturated rings. The van der Waals surface area contributed by atoms with Gasteiger partial charge < -0.3 is 14.9 Å². The lowest BCUT2D eigenvalue weighted by atomic mass is 10.0. The first-order valence-corrected chi connectivity index (χ1v) is 7.48. The van der Waals surface area contributed by atoms with Crippen LogP contribution in [0.3, 0.4) is 0 Å². The van der Waals surface area contributed by atoms with E-state index in [2.05, 4.69) is 22.4 Å². The van der Waals surface area contributed by atoms with Crippen molar-refractivity contribution >= 4 is 5.91 Å². The van der Waals surface area contributed by atoms with Crippen molar-refractivity contribution in [2.45, 2.75) is 58.0 Å². The van der Waals surface area contributed by atoms with E-state index in [-0.39, 0.29) is 24.1 Å². The first-order valence-electron chi connectivity index (χ1n) is 7.48. The molecule has 1 aromatic heterocycles. The zero-order valence-corrected chi connectivity index (χ0v) is 12.0. The summed E-state index contributed by atoms with van der Waals surface area (Å²) in [5.41, 5.74) is 0. The van der Waals surface area contributed by atoms with E-state index in [1.54, 1.807) is 0 Å². The van der Waals surface area contributed by atoms with Gasteiger partial charge in [0.2, 0.25) is 5.91 Å². The third-order valence-electron chi connectivity index (χ3n) is 3.75. The van der Waals surface area contributed by atoms with E-state index >= 15 is 0 Å². The van der Waals surface area contributed by atoms with Gasteiger partial charge in [-0.3, -0.25) is 4.79 Å². The fourth-order valence-corrected chi connectivity index (χ4v) is 2.54. The van der Waals surface area contributed by atoms with Crippen molar-refractivity contribution in [3.05, 3.63) is 11.7 Å². The lowest BCUT2D eigenvalue weighted by Gasteiger charge is -2.12. The highest BCUT2D eigenvalue weighted by Gasteiger charge is 2.28. The summed E-state index contributed by atoms with van der Waals surface area (Å²) >= 11 is 0. The van der Waals surface area contributed by atoms with Crippen molar-refractivity contribution in [2.75, 3.05) is 6.54 Å². The Morgan fingerprint density at radius 1 is 1.50 bits per heavy atom. The molecule has 0 saturated heterocycles. The number of amides is 1. The number of hydrogen-bond acceptors (Lipinski definition) is 5. The Labute approximate surface area is 118 Å². The number of unbranched alkanes of at least 4 members (excludes halogenated alkanes) is 1. The van der Waals surface area contributed by atoms with Crippen molar-refractivity contribution < 1.29 is 14.4 Å². The molecule has 1 aliphatic carbocycles. The molecular weight excluding hydrogens is 258 g/mol. The van der Waals surface area contributed by atoms with Gasteiger partial charge in [0.25, 0.3) is 5.89 Å². The smallest absolute Gasteiger partial charge is 0.255 e. The van der Waals surface area contributed by atoms with Gasteiger partial charge in [-0.25, -0.2) is 0 Å². The fourth-order valence-electron chi connectivity index (χ4n) is 2.54. The second kappa shape index (κ2) is 7.38. The Morgan fingerprint density at radius 3 is 2.95 bits per heavy atom. The molecule has 20 heavy (non-hydrogen) atoms. The van der Waals surface area contributed by atoms with Crippen molar-refractivity contribution in [2.24, 2.45) is 5.92 Å². The van der Waals surface area contributed by atoms with E-state index in [4.69, 9.17) is 4.52 Å². The Bertz CT molecular complexity index is 427. The maximum atomic E-state index is 11.6. The molecule has 0 aromatic carbocycles. The third kappa shape index (κ3) is 4.03. The van der Waals surface area contributed by atoms with E-state index in [0.717, 1.165) is 38.5 Å². The van der Waals surface area contributed by atoms with Crippen LogP contribution in [-0.2, 0) is 11.2 Å². The second-order valence-corrected chi connectivity index (χ2v) is 5.42. The normalized spacial score (nSPS) is 17.3. The van der Waals surface area contributed by atoms with Crippen LogP contribution in [0.25, 0.3) is 0 Å². The van der Waals surface area contributed by atoms with Gasteiger partial charge >= 0.3 is 0 Å². The first kappa shape index (κ1) is 15.0. The van der Waals surface area contributed by atoms with Crippen molar-refractivity contribution in [3.8, 4) is 0 Å². The summed E-state index contributed by atoms with van der Waals surface area (Å²) in [4.78, 5) is 15.8. The molecule has 0 radical (unpaired) electrons. The quantitative estimate of drug-likeness (QED) is 0.743. The highest BCUT2D eigenvalue weighted by Crippen LogP contribution is 2.34. The number of aliphatic hydroxyl groups is 1. The van der Waals surface area contributed by atoms with Crippen LogP contribution in [0.2, 0.25) is 0 Å². The molecular formula is C14H23N3O3. The van der Waals surface area contributed by atoms with Crippen LogP contribution in [0.1, 0.15) is 63.3 Å². The van der Waals surface area contributed by atoms with Gasteiger partial charge in [-0.1, -0.05) is 31.3 Å². The summed E-state index contributed by atoms with van der Waals surface area (Å²) in [7, 11) is 0. The SMILES string of the molecule is CCCCNC(=O)Cc1noc([C@@H](O)C2CCCC2)n1. The van der Waals surface area contributed by atoms with Gasteiger partial charge in [0.15, 0.2) is 5.82 Å². The maximum Gasteiger partial charge on any atom is 0.255 e. The molecule has 1 atom stereocenters. The molecule has 2 rings (SSSR count). The molecule has 112 valence electrons. The van der Waals surface area contributed by atoms with Gasteiger partial charge in [-0.05, 0) is 25.2 Å². The van der Waals surface area contributed by atoms with Gasteiger partial charge in [0.05, 0.1) is 6.42 Å². The van der Waals surface area contributed by atoms with Crippen molar-refractivity contribution in [1.82, 2.24) is 15.5 Å². The number of carbonyl (C=O) groups excluding carboxylic acids is 1. The standard InChI is InChI=1S/C14H23N3O3/c1-2-3-8-15-12(18)9-11-16-14(20-17-11)13(19)10-6-4-5-7-10/h10,13,19H,2-9H2,1H3,(H,15,18)/t13-/m0/s1. The van der Waals surface area contributed by atoms with Gasteiger partial charge in [-0.15, -0.1) is 0 Å². The Kier molecular flexibility index (Phi) is 5.52. The third-order valence-corrected chi connectivity index (χ3v) is 3.75. The minimum absolute atomic E-state index is 0.102. The van der Waals surface area contributed by atoms with Crippen LogP contribution in [0, 0.1) is 5.92 Å². The van der Waals surface area contributed by atoms with E-state index in [9.17, 15) is 9.90 Å². The number of aromatic nitrogens is 2. The molecule has 1 saturated carbocycles. The number of rotatable bonds is 7. The summed E-state index contributed by atoms with van der Waals surface area (Å²) in [6, 6.07) is 0. The zero-order valence-electron chi connectivity index (χ0n) is 12.0. The number of hydrogen-bond donors (Lipinski definition) is 2. The largest absolute Gasteiger partial charge is 0.383 e. The molecule has 0 bridgehead atoms. The van der Waals surface area contributed by atoms with Gasteiger partial charge in [0, 0.05) is 6.54 Å². The van der Waals surface area contributed by atoms with Crippen LogP contribution in [-0.4, -0.2) is 27.7 Å². The van der Waals surface area contributed by atoms with E-state index < -0.39 is 6.10 Å². The molecule has 6 nitrogen and oxygen atoms in total. The van der Waals surface area contributed by atoms with Crippen molar-refractivity contribution in [3.63, 3.8) is 0 Å². The zero-order chi connectivity index (χ0) is 14.4. The predicted octanol–water partition coefficient (Wildman–Crippen LogP) is 1.75. The summed E-state index contributed by atoms with van der Waals surface area (Å²) in [6.45, 7) is 2.74. The molecule has 0 aliphatic heterocycles. The van der Waals surface area contributed by atoms with Crippen LogP contribution < -0.4 is 5.32 Å². The Hall–Kier alpha value is -1.43. The van der Waals surface area contributed by atoms with Crippen LogP contribution in [0.5, 0.6) is 0 Å². The van der Waals surface area contributed by atoms with E-state index in [1.807, 2.05) is 0 Å². The van der Waals surface area contributed by atoms with Crippen LogP contribution in [0.4, 0.5) is 0 Å². The molecule has 1 amide bonds. The van der Waals surface area contributed by atoms with Gasteiger partial charge in [-0.2, -0.15) is 4.98 Å². The molecule has 1 aromatic rings. The second-order valence-electron chi connectivity index (χ2n) is 5.42. The van der Waals surface area contributed by atoms with E-state index in [0.29, 0.717) is 12.4 Å². The molecule has 0 spiro atoms. The minimum Gasteiger partial charge on any atom is -0.383 e. The molecule has 6 heteroatoms.